The van der Waals surface area contributed by atoms with E-state index in [4.69, 9.17) is 4.74 Å². The summed E-state index contributed by atoms with van der Waals surface area (Å²) in [6, 6.07) is 14.0. The highest BCUT2D eigenvalue weighted by Crippen LogP contribution is 2.15. The lowest BCUT2D eigenvalue weighted by Crippen LogP contribution is -2.13. The number of nitrogens with zero attached hydrogens (tertiary/aromatic N) is 1. The first-order chi connectivity index (χ1) is 9.26. The van der Waals surface area contributed by atoms with Crippen LogP contribution in [-0.2, 0) is 17.7 Å². The largest absolute Gasteiger partial charge is 0.464 e. The topological polar surface area (TPSA) is 31.2 Å². The minimum atomic E-state index is -0.279. The van der Waals surface area contributed by atoms with Gasteiger partial charge in [0.25, 0.3) is 0 Å². The summed E-state index contributed by atoms with van der Waals surface area (Å²) in [5, 5.41) is 0. The van der Waals surface area contributed by atoms with Gasteiger partial charge in [0.2, 0.25) is 0 Å². The molecule has 3 heteroatoms. The summed E-state index contributed by atoms with van der Waals surface area (Å²) >= 11 is 0. The van der Waals surface area contributed by atoms with E-state index in [0.29, 0.717) is 12.2 Å². The van der Waals surface area contributed by atoms with Gasteiger partial charge in [-0.2, -0.15) is 0 Å². The van der Waals surface area contributed by atoms with E-state index >= 15 is 0 Å². The minimum absolute atomic E-state index is 0.279. The fourth-order valence-electron chi connectivity index (χ4n) is 2.22. The maximum atomic E-state index is 11.8. The van der Waals surface area contributed by atoms with E-state index in [2.05, 4.69) is 19.1 Å². The summed E-state index contributed by atoms with van der Waals surface area (Å²) in [6.07, 6.45) is 2.02. The zero-order valence-electron chi connectivity index (χ0n) is 11.4. The number of aryl methyl sites for hydroxylation is 1. The van der Waals surface area contributed by atoms with Gasteiger partial charge in [-0.1, -0.05) is 43.7 Å². The molecule has 0 N–H and O–H groups in total. The van der Waals surface area contributed by atoms with Crippen LogP contribution in [0, 0.1) is 0 Å². The maximum absolute atomic E-state index is 11.8. The monoisotopic (exact) mass is 257 g/mol. The third kappa shape index (κ3) is 3.05. The molecule has 0 saturated heterocycles. The number of methoxy groups -OCH3 is 1. The van der Waals surface area contributed by atoms with Gasteiger partial charge in [0, 0.05) is 12.2 Å². The van der Waals surface area contributed by atoms with Crippen LogP contribution in [0.1, 0.15) is 35.1 Å². The second-order valence-corrected chi connectivity index (χ2v) is 4.52. The lowest BCUT2D eigenvalue weighted by molar-refractivity contribution is 0.0588. The van der Waals surface area contributed by atoms with Crippen molar-refractivity contribution in [1.29, 1.82) is 0 Å². The van der Waals surface area contributed by atoms with E-state index in [1.807, 2.05) is 34.9 Å². The van der Waals surface area contributed by atoms with E-state index in [1.165, 1.54) is 18.4 Å². The molecule has 1 aromatic carbocycles. The Morgan fingerprint density at radius 1 is 1.16 bits per heavy atom. The molecule has 0 amide bonds. The van der Waals surface area contributed by atoms with Gasteiger partial charge in [-0.15, -0.1) is 0 Å². The molecular weight excluding hydrogens is 238 g/mol. The van der Waals surface area contributed by atoms with Crippen molar-refractivity contribution in [3.8, 4) is 0 Å². The van der Waals surface area contributed by atoms with Crippen LogP contribution in [0.3, 0.4) is 0 Å². The third-order valence-corrected chi connectivity index (χ3v) is 3.16. The Morgan fingerprint density at radius 3 is 2.53 bits per heavy atom. The van der Waals surface area contributed by atoms with Crippen molar-refractivity contribution in [2.45, 2.75) is 26.3 Å². The van der Waals surface area contributed by atoms with Gasteiger partial charge < -0.3 is 9.30 Å². The molecule has 19 heavy (non-hydrogen) atoms. The fourth-order valence-corrected chi connectivity index (χ4v) is 2.22. The average molecular weight is 257 g/mol. The average Bonchev–Trinajstić information content (AvgIpc) is 2.83. The van der Waals surface area contributed by atoms with Crippen molar-refractivity contribution >= 4 is 5.97 Å². The summed E-state index contributed by atoms with van der Waals surface area (Å²) in [5.41, 5.74) is 2.97. The van der Waals surface area contributed by atoms with Gasteiger partial charge in [0.1, 0.15) is 5.69 Å². The molecule has 0 fully saturated rings. The van der Waals surface area contributed by atoms with Crippen LogP contribution in [0.4, 0.5) is 0 Å². The summed E-state index contributed by atoms with van der Waals surface area (Å²) in [5.74, 6) is -0.279. The Hall–Kier alpha value is -2.03. The van der Waals surface area contributed by atoms with Crippen LogP contribution in [0.5, 0.6) is 0 Å². The highest BCUT2D eigenvalue weighted by Gasteiger charge is 2.15. The van der Waals surface area contributed by atoms with Gasteiger partial charge in [-0.05, 0) is 24.1 Å². The van der Waals surface area contributed by atoms with Crippen molar-refractivity contribution in [2.24, 2.45) is 0 Å². The van der Waals surface area contributed by atoms with Crippen LogP contribution in [-0.4, -0.2) is 17.6 Å². The molecule has 0 aliphatic heterocycles. The van der Waals surface area contributed by atoms with Crippen LogP contribution in [0.25, 0.3) is 0 Å². The number of carbonyl (C=O) groups excluding carboxylic acids is 1. The normalized spacial score (nSPS) is 10.4. The molecule has 0 saturated carbocycles. The number of carbonyl (C=O) groups is 1. The Bertz CT molecular complexity index is 543. The van der Waals surface area contributed by atoms with Crippen LogP contribution < -0.4 is 0 Å². The van der Waals surface area contributed by atoms with E-state index in [9.17, 15) is 4.79 Å². The lowest BCUT2D eigenvalue weighted by atomic mass is 10.2. The molecule has 1 heterocycles. The number of ether oxygens (including phenoxy) is 1. The zero-order valence-corrected chi connectivity index (χ0v) is 11.4. The van der Waals surface area contributed by atoms with Crippen LogP contribution >= 0.6 is 0 Å². The van der Waals surface area contributed by atoms with Crippen LogP contribution in [0.2, 0.25) is 0 Å². The first-order valence-electron chi connectivity index (χ1n) is 6.57. The summed E-state index contributed by atoms with van der Waals surface area (Å²) in [4.78, 5) is 11.8. The molecule has 3 nitrogen and oxygen atoms in total. The standard InChI is InChI=1S/C16H19NO2/c1-3-7-14-10-11-15(16(18)19-2)17(14)12-13-8-5-4-6-9-13/h4-6,8-11H,3,7,12H2,1-2H3. The predicted octanol–water partition coefficient (Wildman–Crippen LogP) is 3.28. The second kappa shape index (κ2) is 6.23. The minimum Gasteiger partial charge on any atom is -0.464 e. The molecule has 0 bridgehead atoms. The van der Waals surface area contributed by atoms with Gasteiger partial charge in [0.05, 0.1) is 7.11 Å². The second-order valence-electron chi connectivity index (χ2n) is 4.52. The quantitative estimate of drug-likeness (QED) is 0.770. The predicted molar refractivity (Wildman–Crippen MR) is 75.3 cm³/mol. The first kappa shape index (κ1) is 13.4. The zero-order chi connectivity index (χ0) is 13.7. The van der Waals surface area contributed by atoms with E-state index in [0.717, 1.165) is 12.8 Å². The molecule has 0 atom stereocenters. The van der Waals surface area contributed by atoms with E-state index in [-0.39, 0.29) is 5.97 Å². The first-order valence-corrected chi connectivity index (χ1v) is 6.57. The summed E-state index contributed by atoms with van der Waals surface area (Å²) in [7, 11) is 1.42. The van der Waals surface area contributed by atoms with Gasteiger partial charge in [-0.25, -0.2) is 4.79 Å². The molecule has 100 valence electrons. The molecule has 0 spiro atoms. The number of aromatic nitrogens is 1. The lowest BCUT2D eigenvalue weighted by Gasteiger charge is -2.12. The Morgan fingerprint density at radius 2 is 1.89 bits per heavy atom. The SMILES string of the molecule is CCCc1ccc(C(=O)OC)n1Cc1ccccc1. The van der Waals surface area contributed by atoms with Gasteiger partial charge in [0.15, 0.2) is 0 Å². The smallest absolute Gasteiger partial charge is 0.354 e. The molecule has 0 aliphatic carbocycles. The highest BCUT2D eigenvalue weighted by molar-refractivity contribution is 5.87. The molecule has 2 aromatic rings. The number of rotatable bonds is 5. The molecule has 0 unspecified atom stereocenters. The van der Waals surface area contributed by atoms with Crippen LogP contribution in [0.15, 0.2) is 42.5 Å². The Kier molecular flexibility index (Phi) is 4.39. The van der Waals surface area contributed by atoms with E-state index < -0.39 is 0 Å². The van der Waals surface area contributed by atoms with Crippen molar-refractivity contribution in [3.63, 3.8) is 0 Å². The Labute approximate surface area is 113 Å². The molecule has 0 radical (unpaired) electrons. The number of benzene rings is 1. The van der Waals surface area contributed by atoms with Crippen molar-refractivity contribution < 1.29 is 9.53 Å². The number of hydrogen-bond acceptors (Lipinski definition) is 2. The molecular formula is C16H19NO2. The summed E-state index contributed by atoms with van der Waals surface area (Å²) < 4.78 is 6.89. The third-order valence-electron chi connectivity index (χ3n) is 3.16. The molecule has 0 aliphatic rings. The van der Waals surface area contributed by atoms with Crippen molar-refractivity contribution in [3.05, 3.63) is 59.4 Å². The fraction of sp³-hybridized carbons (Fsp3) is 0.312. The maximum Gasteiger partial charge on any atom is 0.354 e. The number of hydrogen-bond donors (Lipinski definition) is 0. The van der Waals surface area contributed by atoms with Crippen molar-refractivity contribution in [2.75, 3.05) is 7.11 Å². The molecule has 2 rings (SSSR count). The van der Waals surface area contributed by atoms with E-state index in [1.54, 1.807) is 0 Å². The highest BCUT2D eigenvalue weighted by atomic mass is 16.5. The number of esters is 1. The molecule has 1 aromatic heterocycles. The summed E-state index contributed by atoms with van der Waals surface area (Å²) in [6.45, 7) is 2.84. The van der Waals surface area contributed by atoms with Crippen molar-refractivity contribution in [1.82, 2.24) is 4.57 Å². The van der Waals surface area contributed by atoms with Gasteiger partial charge in [-0.3, -0.25) is 0 Å². The van der Waals surface area contributed by atoms with Gasteiger partial charge >= 0.3 is 5.97 Å². The Balaban J connectivity index is 2.34.